The summed E-state index contributed by atoms with van der Waals surface area (Å²) in [6, 6.07) is 14.0. The first kappa shape index (κ1) is 17.3. The number of aliphatic hydroxyl groups excluding tert-OH is 1. The molecule has 1 aliphatic rings. The predicted molar refractivity (Wildman–Crippen MR) is 96.6 cm³/mol. The average Bonchev–Trinajstić information content (AvgIpc) is 2.63. The SMILES string of the molecule is CCOc1ccc(-c2ccc(C3CCCC(CO)O3)cc2Cl)cc1. The van der Waals surface area contributed by atoms with E-state index in [9.17, 15) is 5.11 Å². The van der Waals surface area contributed by atoms with Crippen LogP contribution in [0.15, 0.2) is 42.5 Å². The fourth-order valence-electron chi connectivity index (χ4n) is 3.14. The van der Waals surface area contributed by atoms with Gasteiger partial charge in [0.05, 0.1) is 25.4 Å². The first-order chi connectivity index (χ1) is 11.7. The summed E-state index contributed by atoms with van der Waals surface area (Å²) in [5.74, 6) is 0.861. The zero-order valence-electron chi connectivity index (χ0n) is 13.9. The third-order valence-corrected chi connectivity index (χ3v) is 4.71. The summed E-state index contributed by atoms with van der Waals surface area (Å²) in [6.07, 6.45) is 2.91. The minimum Gasteiger partial charge on any atom is -0.494 e. The van der Waals surface area contributed by atoms with Crippen LogP contribution >= 0.6 is 11.6 Å². The lowest BCUT2D eigenvalue weighted by atomic mass is 9.96. The van der Waals surface area contributed by atoms with Crippen LogP contribution in [0.25, 0.3) is 11.1 Å². The molecule has 0 saturated carbocycles. The molecule has 2 unspecified atom stereocenters. The van der Waals surface area contributed by atoms with E-state index in [1.807, 2.05) is 43.3 Å². The third-order valence-electron chi connectivity index (χ3n) is 4.39. The molecular formula is C20H23ClO3. The summed E-state index contributed by atoms with van der Waals surface area (Å²) in [5, 5.41) is 10.0. The highest BCUT2D eigenvalue weighted by Crippen LogP contribution is 2.36. The maximum Gasteiger partial charge on any atom is 0.119 e. The maximum atomic E-state index is 9.30. The van der Waals surface area contributed by atoms with Crippen LogP contribution in [0.3, 0.4) is 0 Å². The molecule has 0 aliphatic carbocycles. The molecule has 1 saturated heterocycles. The van der Waals surface area contributed by atoms with Gasteiger partial charge in [-0.05, 0) is 55.5 Å². The minimum atomic E-state index is -0.0617. The summed E-state index contributed by atoms with van der Waals surface area (Å²) in [7, 11) is 0. The maximum absolute atomic E-state index is 9.30. The van der Waals surface area contributed by atoms with Crippen molar-refractivity contribution in [3.8, 4) is 16.9 Å². The Bertz CT molecular complexity index is 669. The average molecular weight is 347 g/mol. The molecule has 3 nitrogen and oxygen atoms in total. The molecule has 2 aromatic rings. The van der Waals surface area contributed by atoms with Gasteiger partial charge in [-0.1, -0.05) is 35.9 Å². The van der Waals surface area contributed by atoms with Crippen LogP contribution in [0.5, 0.6) is 5.75 Å². The second-order valence-electron chi connectivity index (χ2n) is 6.06. The van der Waals surface area contributed by atoms with Crippen LogP contribution < -0.4 is 4.74 Å². The van der Waals surface area contributed by atoms with Crippen LogP contribution in [-0.4, -0.2) is 24.4 Å². The molecule has 1 aliphatic heterocycles. The number of benzene rings is 2. The minimum absolute atomic E-state index is 0.0165. The summed E-state index contributed by atoms with van der Waals surface area (Å²) in [4.78, 5) is 0. The quantitative estimate of drug-likeness (QED) is 0.827. The second-order valence-corrected chi connectivity index (χ2v) is 6.46. The van der Waals surface area contributed by atoms with Gasteiger partial charge in [-0.25, -0.2) is 0 Å². The van der Waals surface area contributed by atoms with Crippen molar-refractivity contribution in [2.24, 2.45) is 0 Å². The number of hydrogen-bond acceptors (Lipinski definition) is 3. The summed E-state index contributed by atoms with van der Waals surface area (Å²) in [6.45, 7) is 2.71. The molecule has 1 fully saturated rings. The van der Waals surface area contributed by atoms with Crippen molar-refractivity contribution in [3.05, 3.63) is 53.1 Å². The number of halogens is 1. The highest BCUT2D eigenvalue weighted by atomic mass is 35.5. The fraction of sp³-hybridized carbons (Fsp3) is 0.400. The molecule has 0 radical (unpaired) electrons. The van der Waals surface area contributed by atoms with Crippen molar-refractivity contribution in [3.63, 3.8) is 0 Å². The van der Waals surface area contributed by atoms with Crippen molar-refractivity contribution in [2.45, 2.75) is 38.4 Å². The molecule has 0 spiro atoms. The number of hydrogen-bond donors (Lipinski definition) is 1. The molecular weight excluding hydrogens is 324 g/mol. The first-order valence-corrected chi connectivity index (χ1v) is 8.88. The Kier molecular flexibility index (Phi) is 5.77. The lowest BCUT2D eigenvalue weighted by molar-refractivity contribution is -0.0736. The van der Waals surface area contributed by atoms with Crippen LogP contribution in [0, 0.1) is 0 Å². The van der Waals surface area contributed by atoms with Gasteiger partial charge >= 0.3 is 0 Å². The molecule has 3 rings (SSSR count). The van der Waals surface area contributed by atoms with Gasteiger partial charge in [0.25, 0.3) is 0 Å². The van der Waals surface area contributed by atoms with Gasteiger partial charge in [0.15, 0.2) is 0 Å². The molecule has 4 heteroatoms. The van der Waals surface area contributed by atoms with Gasteiger partial charge in [0, 0.05) is 10.6 Å². The Labute approximate surface area is 148 Å². The molecule has 24 heavy (non-hydrogen) atoms. The second kappa shape index (κ2) is 8.02. The Morgan fingerprint density at radius 3 is 2.62 bits per heavy atom. The van der Waals surface area contributed by atoms with Crippen LogP contribution in [-0.2, 0) is 4.74 Å². The third kappa shape index (κ3) is 3.92. The largest absolute Gasteiger partial charge is 0.494 e. The highest BCUT2D eigenvalue weighted by molar-refractivity contribution is 6.33. The Morgan fingerprint density at radius 1 is 1.17 bits per heavy atom. The molecule has 1 N–H and O–H groups in total. The van der Waals surface area contributed by atoms with Gasteiger partial charge in [-0.15, -0.1) is 0 Å². The van der Waals surface area contributed by atoms with Crippen molar-refractivity contribution in [1.82, 2.24) is 0 Å². The topological polar surface area (TPSA) is 38.7 Å². The molecule has 1 heterocycles. The summed E-state index contributed by atoms with van der Waals surface area (Å²) < 4.78 is 11.4. The van der Waals surface area contributed by atoms with Crippen molar-refractivity contribution < 1.29 is 14.6 Å². The normalized spacial score (nSPS) is 20.8. The molecule has 0 aromatic heterocycles. The Morgan fingerprint density at radius 2 is 1.96 bits per heavy atom. The van der Waals surface area contributed by atoms with Gasteiger partial charge in [0.1, 0.15) is 5.75 Å². The van der Waals surface area contributed by atoms with Gasteiger partial charge in [-0.2, -0.15) is 0 Å². The fourth-order valence-corrected chi connectivity index (χ4v) is 3.44. The Balaban J connectivity index is 1.79. The van der Waals surface area contributed by atoms with E-state index in [4.69, 9.17) is 21.1 Å². The van der Waals surface area contributed by atoms with Gasteiger partial charge < -0.3 is 14.6 Å². The van der Waals surface area contributed by atoms with E-state index in [1.54, 1.807) is 0 Å². The highest BCUT2D eigenvalue weighted by Gasteiger charge is 2.23. The van der Waals surface area contributed by atoms with Crippen molar-refractivity contribution in [2.75, 3.05) is 13.2 Å². The molecule has 128 valence electrons. The predicted octanol–water partition coefficient (Wildman–Crippen LogP) is 5.01. The van der Waals surface area contributed by atoms with Crippen LogP contribution in [0.2, 0.25) is 5.02 Å². The van der Waals surface area contributed by atoms with E-state index >= 15 is 0 Å². The molecule has 2 atom stereocenters. The van der Waals surface area contributed by atoms with Gasteiger partial charge in [0.2, 0.25) is 0 Å². The van der Waals surface area contributed by atoms with E-state index in [0.29, 0.717) is 11.6 Å². The molecule has 0 bridgehead atoms. The number of ether oxygens (including phenoxy) is 2. The number of aliphatic hydroxyl groups is 1. The number of rotatable bonds is 5. The van der Waals surface area contributed by atoms with Crippen LogP contribution in [0.1, 0.15) is 37.9 Å². The smallest absolute Gasteiger partial charge is 0.119 e. The Hall–Kier alpha value is -1.55. The lowest BCUT2D eigenvalue weighted by Crippen LogP contribution is -2.25. The van der Waals surface area contributed by atoms with E-state index in [2.05, 4.69) is 6.07 Å². The standard InChI is InChI=1S/C20H23ClO3/c1-2-23-16-9-6-14(7-10-16)18-11-8-15(12-19(18)21)20-5-3-4-17(13-22)24-20/h6-12,17,20,22H,2-5,13H2,1H3. The lowest BCUT2D eigenvalue weighted by Gasteiger charge is -2.29. The summed E-state index contributed by atoms with van der Waals surface area (Å²) in [5.41, 5.74) is 3.14. The van der Waals surface area contributed by atoms with Crippen LogP contribution in [0.4, 0.5) is 0 Å². The molecule has 0 amide bonds. The first-order valence-electron chi connectivity index (χ1n) is 8.50. The van der Waals surface area contributed by atoms with E-state index in [1.165, 1.54) is 0 Å². The van der Waals surface area contributed by atoms with E-state index in [0.717, 1.165) is 41.7 Å². The van der Waals surface area contributed by atoms with E-state index in [-0.39, 0.29) is 18.8 Å². The van der Waals surface area contributed by atoms with Crippen molar-refractivity contribution in [1.29, 1.82) is 0 Å². The zero-order valence-corrected chi connectivity index (χ0v) is 14.6. The monoisotopic (exact) mass is 346 g/mol. The van der Waals surface area contributed by atoms with E-state index < -0.39 is 0 Å². The molecule has 2 aromatic carbocycles. The van der Waals surface area contributed by atoms with Gasteiger partial charge in [-0.3, -0.25) is 0 Å². The zero-order chi connectivity index (χ0) is 16.9. The summed E-state index contributed by atoms with van der Waals surface area (Å²) >= 11 is 6.52. The van der Waals surface area contributed by atoms with Crippen molar-refractivity contribution >= 4 is 11.6 Å².